The SMILES string of the molecule is CCOc1cc(F)ccc1C=NN=C1NC(=O)C(CC(=O)O)S1. The molecule has 0 saturated carbocycles. The van der Waals surface area contributed by atoms with E-state index in [9.17, 15) is 14.0 Å². The molecule has 1 atom stereocenters. The van der Waals surface area contributed by atoms with E-state index < -0.39 is 22.9 Å². The zero-order valence-corrected chi connectivity index (χ0v) is 13.0. The first-order chi connectivity index (χ1) is 11.0. The lowest BCUT2D eigenvalue weighted by molar-refractivity contribution is -0.138. The van der Waals surface area contributed by atoms with Gasteiger partial charge in [0, 0.05) is 11.6 Å². The Morgan fingerprint density at radius 1 is 1.57 bits per heavy atom. The highest BCUT2D eigenvalue weighted by Crippen LogP contribution is 2.22. The Bertz CT molecular complexity index is 678. The van der Waals surface area contributed by atoms with Crippen molar-refractivity contribution in [3.63, 3.8) is 0 Å². The van der Waals surface area contributed by atoms with Crippen LogP contribution >= 0.6 is 11.8 Å². The molecule has 0 radical (unpaired) electrons. The molecule has 9 heteroatoms. The predicted octanol–water partition coefficient (Wildman–Crippen LogP) is 1.62. The van der Waals surface area contributed by atoms with Crippen LogP contribution in [0.2, 0.25) is 0 Å². The van der Waals surface area contributed by atoms with Crippen LogP contribution in [0.25, 0.3) is 0 Å². The largest absolute Gasteiger partial charge is 0.493 e. The highest BCUT2D eigenvalue weighted by atomic mass is 32.2. The number of carboxylic acid groups (broad SMARTS) is 1. The van der Waals surface area contributed by atoms with Crippen LogP contribution in [0.5, 0.6) is 5.75 Å². The number of amidine groups is 1. The number of hydrogen-bond donors (Lipinski definition) is 2. The van der Waals surface area contributed by atoms with Gasteiger partial charge in [0.1, 0.15) is 16.8 Å². The number of carbonyl (C=O) groups is 2. The van der Waals surface area contributed by atoms with Gasteiger partial charge in [-0.15, -0.1) is 5.10 Å². The summed E-state index contributed by atoms with van der Waals surface area (Å²) in [6.45, 7) is 2.15. The number of halogens is 1. The third kappa shape index (κ3) is 4.78. The minimum absolute atomic E-state index is 0.220. The second kappa shape index (κ2) is 7.73. The number of carbonyl (C=O) groups excluding carboxylic acids is 1. The third-order valence-corrected chi connectivity index (χ3v) is 3.83. The molecule has 2 rings (SSSR count). The number of amides is 1. The van der Waals surface area contributed by atoms with Crippen molar-refractivity contribution in [1.29, 1.82) is 0 Å². The molecule has 7 nitrogen and oxygen atoms in total. The maximum atomic E-state index is 13.2. The summed E-state index contributed by atoms with van der Waals surface area (Å²) in [5, 5.41) is 18.3. The fourth-order valence-electron chi connectivity index (χ4n) is 1.78. The average Bonchev–Trinajstić information content (AvgIpc) is 2.81. The molecule has 1 aromatic rings. The molecule has 23 heavy (non-hydrogen) atoms. The molecule has 1 saturated heterocycles. The monoisotopic (exact) mass is 339 g/mol. The van der Waals surface area contributed by atoms with Crippen molar-refractivity contribution in [2.75, 3.05) is 6.61 Å². The first-order valence-corrected chi connectivity index (χ1v) is 7.60. The number of ether oxygens (including phenoxy) is 1. The molecular weight excluding hydrogens is 325 g/mol. The van der Waals surface area contributed by atoms with Crippen LogP contribution in [0.15, 0.2) is 28.4 Å². The van der Waals surface area contributed by atoms with E-state index in [1.165, 1.54) is 24.4 Å². The van der Waals surface area contributed by atoms with E-state index in [4.69, 9.17) is 9.84 Å². The number of hydrogen-bond acceptors (Lipinski definition) is 6. The van der Waals surface area contributed by atoms with Gasteiger partial charge in [0.05, 0.1) is 19.2 Å². The molecule has 1 aromatic carbocycles. The van der Waals surface area contributed by atoms with Crippen LogP contribution in [-0.2, 0) is 9.59 Å². The predicted molar refractivity (Wildman–Crippen MR) is 84.4 cm³/mol. The summed E-state index contributed by atoms with van der Waals surface area (Å²) >= 11 is 1.00. The lowest BCUT2D eigenvalue weighted by atomic mass is 10.2. The Balaban J connectivity index is 2.07. The average molecular weight is 339 g/mol. The first-order valence-electron chi connectivity index (χ1n) is 6.72. The summed E-state index contributed by atoms with van der Waals surface area (Å²) in [7, 11) is 0. The molecule has 1 amide bonds. The maximum Gasteiger partial charge on any atom is 0.305 e. The van der Waals surface area contributed by atoms with Gasteiger partial charge in [-0.3, -0.25) is 9.59 Å². The number of thioether (sulfide) groups is 1. The van der Waals surface area contributed by atoms with Gasteiger partial charge in [-0.25, -0.2) is 4.39 Å². The summed E-state index contributed by atoms with van der Waals surface area (Å²) < 4.78 is 18.5. The van der Waals surface area contributed by atoms with Crippen LogP contribution in [0, 0.1) is 5.82 Å². The smallest absolute Gasteiger partial charge is 0.305 e. The van der Waals surface area contributed by atoms with Gasteiger partial charge in [-0.2, -0.15) is 5.10 Å². The van der Waals surface area contributed by atoms with Gasteiger partial charge in [0.25, 0.3) is 0 Å². The number of rotatable bonds is 6. The Morgan fingerprint density at radius 2 is 2.35 bits per heavy atom. The zero-order chi connectivity index (χ0) is 16.8. The highest BCUT2D eigenvalue weighted by Gasteiger charge is 2.32. The fraction of sp³-hybridized carbons (Fsp3) is 0.286. The van der Waals surface area contributed by atoms with Crippen LogP contribution < -0.4 is 10.1 Å². The van der Waals surface area contributed by atoms with Gasteiger partial charge in [-0.1, -0.05) is 11.8 Å². The van der Waals surface area contributed by atoms with Crippen LogP contribution in [-0.4, -0.2) is 40.2 Å². The van der Waals surface area contributed by atoms with Gasteiger partial charge >= 0.3 is 5.97 Å². The number of carboxylic acids is 1. The van der Waals surface area contributed by atoms with Gasteiger partial charge in [-0.05, 0) is 19.1 Å². The van der Waals surface area contributed by atoms with Crippen LogP contribution in [0.4, 0.5) is 4.39 Å². The van der Waals surface area contributed by atoms with E-state index in [1.54, 1.807) is 6.92 Å². The van der Waals surface area contributed by atoms with Crippen molar-refractivity contribution in [1.82, 2.24) is 5.32 Å². The third-order valence-electron chi connectivity index (χ3n) is 2.76. The minimum Gasteiger partial charge on any atom is -0.493 e. The highest BCUT2D eigenvalue weighted by molar-refractivity contribution is 8.15. The zero-order valence-electron chi connectivity index (χ0n) is 12.2. The summed E-state index contributed by atoms with van der Waals surface area (Å²) in [5.74, 6) is -1.56. The Kier molecular flexibility index (Phi) is 5.69. The van der Waals surface area contributed by atoms with Gasteiger partial charge < -0.3 is 15.2 Å². The lowest BCUT2D eigenvalue weighted by Gasteiger charge is -2.05. The van der Waals surface area contributed by atoms with E-state index in [2.05, 4.69) is 15.5 Å². The Labute approximate surface area is 135 Å². The molecule has 122 valence electrons. The van der Waals surface area contributed by atoms with Gasteiger partial charge in [0.15, 0.2) is 5.17 Å². The number of aliphatic carboxylic acids is 1. The van der Waals surface area contributed by atoms with Crippen molar-refractivity contribution in [3.8, 4) is 5.75 Å². The first kappa shape index (κ1) is 16.9. The van der Waals surface area contributed by atoms with Crippen LogP contribution in [0.3, 0.4) is 0 Å². The summed E-state index contributed by atoms with van der Waals surface area (Å²) in [6, 6.07) is 4.01. The normalized spacial score (nSPS) is 19.3. The molecule has 1 aliphatic heterocycles. The standard InChI is InChI=1S/C14H14FN3O4S/c1-2-22-10-5-9(15)4-3-8(10)7-16-18-14-17-13(21)11(23-14)6-12(19)20/h3-5,7,11H,2,6H2,1H3,(H,19,20)(H,17,18,21). The van der Waals surface area contributed by atoms with E-state index in [0.717, 1.165) is 11.8 Å². The number of benzene rings is 1. The summed E-state index contributed by atoms with van der Waals surface area (Å²) in [4.78, 5) is 22.2. The van der Waals surface area contributed by atoms with Crippen molar-refractivity contribution in [3.05, 3.63) is 29.6 Å². The van der Waals surface area contributed by atoms with Crippen molar-refractivity contribution >= 4 is 35.0 Å². The van der Waals surface area contributed by atoms with E-state index in [1.807, 2.05) is 0 Å². The molecule has 0 aromatic heterocycles. The lowest BCUT2D eigenvalue weighted by Crippen LogP contribution is -2.26. The second-order valence-electron chi connectivity index (χ2n) is 4.46. The van der Waals surface area contributed by atoms with Crippen molar-refractivity contribution < 1.29 is 23.8 Å². The molecule has 2 N–H and O–H groups in total. The Morgan fingerprint density at radius 3 is 3.04 bits per heavy atom. The van der Waals surface area contributed by atoms with Crippen LogP contribution in [0.1, 0.15) is 18.9 Å². The van der Waals surface area contributed by atoms with Crippen molar-refractivity contribution in [2.45, 2.75) is 18.6 Å². The number of nitrogens with one attached hydrogen (secondary N) is 1. The molecule has 0 aliphatic carbocycles. The number of nitrogens with zero attached hydrogens (tertiary/aromatic N) is 2. The molecule has 1 heterocycles. The molecule has 1 fully saturated rings. The van der Waals surface area contributed by atoms with Gasteiger partial charge in [0.2, 0.25) is 5.91 Å². The summed E-state index contributed by atoms with van der Waals surface area (Å²) in [5.41, 5.74) is 0.536. The van der Waals surface area contributed by atoms with Crippen molar-refractivity contribution in [2.24, 2.45) is 10.2 Å². The quantitative estimate of drug-likeness (QED) is 0.606. The fourth-order valence-corrected chi connectivity index (χ4v) is 2.70. The second-order valence-corrected chi connectivity index (χ2v) is 5.65. The Hall–Kier alpha value is -2.42. The molecule has 1 aliphatic rings. The molecule has 0 bridgehead atoms. The molecule has 1 unspecified atom stereocenters. The van der Waals surface area contributed by atoms with E-state index >= 15 is 0 Å². The minimum atomic E-state index is -1.06. The summed E-state index contributed by atoms with van der Waals surface area (Å²) in [6.07, 6.45) is 1.08. The molecular formula is C14H14FN3O4S. The van der Waals surface area contributed by atoms with E-state index in [-0.39, 0.29) is 11.6 Å². The maximum absolute atomic E-state index is 13.2. The van der Waals surface area contributed by atoms with E-state index in [0.29, 0.717) is 17.9 Å². The molecule has 0 spiro atoms. The topological polar surface area (TPSA) is 100 Å².